The summed E-state index contributed by atoms with van der Waals surface area (Å²) >= 11 is 0. The van der Waals surface area contributed by atoms with E-state index in [4.69, 9.17) is 0 Å². The van der Waals surface area contributed by atoms with Crippen LogP contribution < -0.4 is 4.90 Å². The summed E-state index contributed by atoms with van der Waals surface area (Å²) in [7, 11) is 0. The molecule has 2 aliphatic carbocycles. The Morgan fingerprint density at radius 1 is 1.15 bits per heavy atom. The van der Waals surface area contributed by atoms with Crippen molar-refractivity contribution in [2.75, 3.05) is 11.4 Å². The number of hydrogen-bond donors (Lipinski definition) is 0. The van der Waals surface area contributed by atoms with Crippen molar-refractivity contribution in [3.63, 3.8) is 0 Å². The summed E-state index contributed by atoms with van der Waals surface area (Å²) in [5.41, 5.74) is 4.98. The van der Waals surface area contributed by atoms with E-state index in [1.165, 1.54) is 45.1 Å². The summed E-state index contributed by atoms with van der Waals surface area (Å²) in [6, 6.07) is 7.93. The molecule has 0 N–H and O–H groups in total. The maximum atomic E-state index is 2.81. The molecule has 2 bridgehead atoms. The summed E-state index contributed by atoms with van der Waals surface area (Å²) in [5, 5.41) is 0. The molecule has 1 aliphatic heterocycles. The van der Waals surface area contributed by atoms with Gasteiger partial charge in [0.05, 0.1) is 0 Å². The first-order valence-corrected chi connectivity index (χ1v) is 8.73. The van der Waals surface area contributed by atoms with E-state index >= 15 is 0 Å². The van der Waals surface area contributed by atoms with Crippen molar-refractivity contribution in [1.82, 2.24) is 0 Å². The van der Waals surface area contributed by atoms with E-state index in [-0.39, 0.29) is 0 Å². The van der Waals surface area contributed by atoms with Gasteiger partial charge in [0.25, 0.3) is 0 Å². The maximum absolute atomic E-state index is 2.81. The molecule has 2 unspecified atom stereocenters. The smallest absolute Gasteiger partial charge is 0.0408 e. The molecule has 0 amide bonds. The third kappa shape index (κ3) is 1.61. The van der Waals surface area contributed by atoms with E-state index in [2.05, 4.69) is 36.9 Å². The molecule has 108 valence electrons. The van der Waals surface area contributed by atoms with Gasteiger partial charge < -0.3 is 4.90 Å². The molecule has 1 aromatic rings. The number of nitrogens with zero attached hydrogens (tertiary/aromatic N) is 1. The number of rotatable bonds is 4. The summed E-state index contributed by atoms with van der Waals surface area (Å²) in [6.45, 7) is 5.92. The first-order valence-electron chi connectivity index (χ1n) is 8.73. The predicted octanol–water partition coefficient (Wildman–Crippen LogP) is 4.75. The summed E-state index contributed by atoms with van der Waals surface area (Å²) in [4.78, 5) is 2.81. The van der Waals surface area contributed by atoms with Gasteiger partial charge in [-0.1, -0.05) is 32.4 Å². The highest BCUT2D eigenvalue weighted by atomic mass is 15.2. The lowest BCUT2D eigenvalue weighted by Gasteiger charge is -2.33. The molecule has 0 spiro atoms. The lowest BCUT2D eigenvalue weighted by Crippen LogP contribution is -2.38. The summed E-state index contributed by atoms with van der Waals surface area (Å²) < 4.78 is 0. The second kappa shape index (κ2) is 4.79. The highest BCUT2D eigenvalue weighted by molar-refractivity contribution is 5.66. The van der Waals surface area contributed by atoms with E-state index < -0.39 is 0 Å². The van der Waals surface area contributed by atoms with Crippen molar-refractivity contribution in [3.8, 4) is 0 Å². The Labute approximate surface area is 123 Å². The van der Waals surface area contributed by atoms with Gasteiger partial charge in [0.15, 0.2) is 0 Å². The van der Waals surface area contributed by atoms with Gasteiger partial charge in [-0.05, 0) is 61.1 Å². The molecule has 2 fully saturated rings. The Morgan fingerprint density at radius 2 is 2.00 bits per heavy atom. The van der Waals surface area contributed by atoms with Crippen LogP contribution in [0.15, 0.2) is 18.2 Å². The van der Waals surface area contributed by atoms with Crippen molar-refractivity contribution in [3.05, 3.63) is 29.3 Å². The molecular formula is C19H27N. The van der Waals surface area contributed by atoms with Crippen LogP contribution in [-0.2, 0) is 6.42 Å². The molecule has 1 aromatic carbocycles. The van der Waals surface area contributed by atoms with Crippen LogP contribution in [0.1, 0.15) is 63.0 Å². The molecule has 0 radical (unpaired) electrons. The number of fused-ring (bicyclic) bond motifs is 7. The Hall–Kier alpha value is -0.980. The fourth-order valence-electron chi connectivity index (χ4n) is 5.42. The van der Waals surface area contributed by atoms with Crippen molar-refractivity contribution >= 4 is 5.69 Å². The minimum atomic E-state index is 0.850. The molecule has 2 saturated carbocycles. The van der Waals surface area contributed by atoms with E-state index in [1.807, 2.05) is 0 Å². The minimum Gasteiger partial charge on any atom is -0.367 e. The molecule has 1 heterocycles. The van der Waals surface area contributed by atoms with Gasteiger partial charge in [0.2, 0.25) is 0 Å². The minimum absolute atomic E-state index is 0.850. The number of anilines is 1. The van der Waals surface area contributed by atoms with Gasteiger partial charge in [-0.2, -0.15) is 0 Å². The van der Waals surface area contributed by atoms with Gasteiger partial charge in [-0.25, -0.2) is 0 Å². The fourth-order valence-corrected chi connectivity index (χ4v) is 5.42. The molecule has 0 saturated heterocycles. The molecule has 4 rings (SSSR count). The molecular weight excluding hydrogens is 242 g/mol. The molecule has 4 atom stereocenters. The third-order valence-corrected chi connectivity index (χ3v) is 6.18. The van der Waals surface area contributed by atoms with Crippen molar-refractivity contribution in [2.45, 2.75) is 64.3 Å². The number of benzene rings is 1. The lowest BCUT2D eigenvalue weighted by molar-refractivity contribution is 0.365. The van der Waals surface area contributed by atoms with Crippen LogP contribution in [-0.4, -0.2) is 12.6 Å². The zero-order chi connectivity index (χ0) is 13.7. The SMILES string of the molecule is CCCCN1c2cccc(CC)c2[C@H]2C3CCC(C3)[C@H]21. The molecule has 1 nitrogen and oxygen atoms in total. The zero-order valence-corrected chi connectivity index (χ0v) is 12.9. The van der Waals surface area contributed by atoms with Crippen molar-refractivity contribution in [1.29, 1.82) is 0 Å². The lowest BCUT2D eigenvalue weighted by atomic mass is 9.80. The Balaban J connectivity index is 1.79. The topological polar surface area (TPSA) is 3.24 Å². The largest absolute Gasteiger partial charge is 0.367 e. The van der Waals surface area contributed by atoms with Gasteiger partial charge in [-0.15, -0.1) is 0 Å². The standard InChI is InChI=1S/C19H27N/c1-3-5-11-20-16-8-6-7-13(4-2)17(16)18-14-9-10-15(12-14)19(18)20/h6-8,14-15,18-19H,3-5,9-12H2,1-2H3/t14?,15?,18-,19-/m1/s1. The van der Waals surface area contributed by atoms with E-state index in [1.54, 1.807) is 16.8 Å². The normalized spacial score (nSPS) is 33.6. The average molecular weight is 269 g/mol. The van der Waals surface area contributed by atoms with Crippen LogP contribution in [0.5, 0.6) is 0 Å². The van der Waals surface area contributed by atoms with E-state index in [0.717, 1.165) is 23.8 Å². The first kappa shape index (κ1) is 12.7. The van der Waals surface area contributed by atoms with Gasteiger partial charge >= 0.3 is 0 Å². The average Bonchev–Trinajstić information content (AvgIpc) is 3.15. The van der Waals surface area contributed by atoms with Crippen LogP contribution in [0.2, 0.25) is 0 Å². The predicted molar refractivity (Wildman–Crippen MR) is 85.4 cm³/mol. The highest BCUT2D eigenvalue weighted by Crippen LogP contribution is 2.61. The number of unbranched alkanes of at least 4 members (excludes halogenated alkanes) is 1. The van der Waals surface area contributed by atoms with Crippen LogP contribution >= 0.6 is 0 Å². The third-order valence-electron chi connectivity index (χ3n) is 6.18. The van der Waals surface area contributed by atoms with Crippen LogP contribution in [0.4, 0.5) is 5.69 Å². The van der Waals surface area contributed by atoms with Crippen LogP contribution in [0.3, 0.4) is 0 Å². The zero-order valence-electron chi connectivity index (χ0n) is 12.9. The van der Waals surface area contributed by atoms with Gasteiger partial charge in [0.1, 0.15) is 0 Å². The Kier molecular flexibility index (Phi) is 3.05. The summed E-state index contributed by atoms with van der Waals surface area (Å²) in [6.07, 6.45) is 8.34. The summed E-state index contributed by atoms with van der Waals surface area (Å²) in [5.74, 6) is 2.85. The fraction of sp³-hybridized carbons (Fsp3) is 0.684. The monoisotopic (exact) mass is 269 g/mol. The number of aryl methyl sites for hydroxylation is 1. The second-order valence-electron chi connectivity index (χ2n) is 7.10. The Bertz CT molecular complexity index is 506. The van der Waals surface area contributed by atoms with Gasteiger partial charge in [0, 0.05) is 24.2 Å². The van der Waals surface area contributed by atoms with Crippen LogP contribution in [0.25, 0.3) is 0 Å². The first-order chi connectivity index (χ1) is 9.85. The molecule has 1 heteroatoms. The maximum Gasteiger partial charge on any atom is 0.0408 e. The Morgan fingerprint density at radius 3 is 2.80 bits per heavy atom. The van der Waals surface area contributed by atoms with Crippen LogP contribution in [0, 0.1) is 11.8 Å². The molecule has 0 aromatic heterocycles. The van der Waals surface area contributed by atoms with E-state index in [0.29, 0.717) is 0 Å². The molecule has 20 heavy (non-hydrogen) atoms. The van der Waals surface area contributed by atoms with Crippen molar-refractivity contribution < 1.29 is 0 Å². The second-order valence-corrected chi connectivity index (χ2v) is 7.10. The van der Waals surface area contributed by atoms with E-state index in [9.17, 15) is 0 Å². The molecule has 3 aliphatic rings. The number of hydrogen-bond acceptors (Lipinski definition) is 1. The highest BCUT2D eigenvalue weighted by Gasteiger charge is 2.55. The quantitative estimate of drug-likeness (QED) is 0.762. The van der Waals surface area contributed by atoms with Gasteiger partial charge in [-0.3, -0.25) is 0 Å². The van der Waals surface area contributed by atoms with Crippen molar-refractivity contribution in [2.24, 2.45) is 11.8 Å².